The maximum atomic E-state index is 5.55. The van der Waals surface area contributed by atoms with Crippen molar-refractivity contribution in [3.8, 4) is 22.8 Å². The first kappa shape index (κ1) is 17.9. The molecule has 2 heterocycles. The van der Waals surface area contributed by atoms with Gasteiger partial charge in [0.2, 0.25) is 4.80 Å². The Bertz CT molecular complexity index is 990. The third-order valence-corrected chi connectivity index (χ3v) is 4.75. The maximum absolute atomic E-state index is 5.55. The molecule has 0 aliphatic heterocycles. The predicted molar refractivity (Wildman–Crippen MR) is 104 cm³/mol. The van der Waals surface area contributed by atoms with E-state index in [2.05, 4.69) is 9.98 Å². The molecule has 134 valence electrons. The number of pyridine rings is 1. The third kappa shape index (κ3) is 3.52. The van der Waals surface area contributed by atoms with Crippen LogP contribution in [-0.2, 0) is 0 Å². The van der Waals surface area contributed by atoms with Gasteiger partial charge in [-0.2, -0.15) is 5.10 Å². The molecule has 2 aromatic heterocycles. The highest BCUT2D eigenvalue weighted by atomic mass is 32.1. The fourth-order valence-corrected chi connectivity index (χ4v) is 3.31. The van der Waals surface area contributed by atoms with Gasteiger partial charge in [-0.05, 0) is 31.2 Å². The normalized spacial score (nSPS) is 12.3. The number of ether oxygens (including phenoxy) is 2. The first-order valence-corrected chi connectivity index (χ1v) is 8.88. The lowest BCUT2D eigenvalue weighted by Gasteiger charge is -2.11. The number of nitrogens with zero attached hydrogens (tertiary/aromatic N) is 4. The molecular weight excluding hydrogens is 348 g/mol. The van der Waals surface area contributed by atoms with E-state index in [4.69, 9.17) is 14.6 Å². The summed E-state index contributed by atoms with van der Waals surface area (Å²) in [6.07, 6.45) is 1.76. The fourth-order valence-electron chi connectivity index (χ4n) is 2.52. The largest absolute Gasteiger partial charge is 0.497 e. The molecule has 0 amide bonds. The zero-order valence-electron chi connectivity index (χ0n) is 15.1. The number of hydrogen-bond acceptors (Lipinski definition) is 6. The zero-order valence-corrected chi connectivity index (χ0v) is 15.9. The van der Waals surface area contributed by atoms with Gasteiger partial charge in [0.25, 0.3) is 0 Å². The Morgan fingerprint density at radius 1 is 1.15 bits per heavy atom. The fraction of sp³-hybridized carbons (Fsp3) is 0.211. The Labute approximate surface area is 156 Å². The molecule has 6 nitrogen and oxygen atoms in total. The molecule has 0 fully saturated rings. The summed E-state index contributed by atoms with van der Waals surface area (Å²) in [7, 11) is 5.03. The van der Waals surface area contributed by atoms with Crippen molar-refractivity contribution in [2.45, 2.75) is 6.92 Å². The Balaban J connectivity index is 2.16. The number of rotatable bonds is 5. The van der Waals surface area contributed by atoms with E-state index in [0.29, 0.717) is 5.75 Å². The molecule has 0 bridgehead atoms. The van der Waals surface area contributed by atoms with Crippen molar-refractivity contribution in [2.24, 2.45) is 10.1 Å². The van der Waals surface area contributed by atoms with Crippen LogP contribution in [0.2, 0.25) is 0 Å². The lowest BCUT2D eigenvalue weighted by molar-refractivity contribution is 0.395. The van der Waals surface area contributed by atoms with E-state index >= 15 is 0 Å². The van der Waals surface area contributed by atoms with Crippen molar-refractivity contribution < 1.29 is 9.47 Å². The molecule has 0 radical (unpaired) electrons. The van der Waals surface area contributed by atoms with Crippen LogP contribution in [0, 0.1) is 0 Å². The van der Waals surface area contributed by atoms with Gasteiger partial charge in [0.1, 0.15) is 11.5 Å². The van der Waals surface area contributed by atoms with E-state index in [9.17, 15) is 0 Å². The van der Waals surface area contributed by atoms with Crippen molar-refractivity contribution in [3.05, 3.63) is 58.5 Å². The number of benzene rings is 1. The van der Waals surface area contributed by atoms with Gasteiger partial charge in [0.05, 0.1) is 31.3 Å². The second-order valence-corrected chi connectivity index (χ2v) is 6.24. The highest BCUT2D eigenvalue weighted by molar-refractivity contribution is 7.07. The molecule has 26 heavy (non-hydrogen) atoms. The van der Waals surface area contributed by atoms with Gasteiger partial charge in [-0.3, -0.25) is 9.98 Å². The molecule has 0 aliphatic carbocycles. The smallest absolute Gasteiger partial charge is 0.205 e. The van der Waals surface area contributed by atoms with E-state index in [1.54, 1.807) is 27.5 Å². The van der Waals surface area contributed by atoms with Gasteiger partial charge < -0.3 is 9.47 Å². The lowest BCUT2D eigenvalue weighted by atomic mass is 10.1. The van der Waals surface area contributed by atoms with Crippen molar-refractivity contribution in [1.29, 1.82) is 0 Å². The molecule has 0 saturated heterocycles. The summed E-state index contributed by atoms with van der Waals surface area (Å²) in [5.41, 5.74) is 3.43. The van der Waals surface area contributed by atoms with Crippen LogP contribution in [-0.4, -0.2) is 36.6 Å². The monoisotopic (exact) mass is 368 g/mol. The van der Waals surface area contributed by atoms with Crippen LogP contribution in [0.15, 0.2) is 58.1 Å². The van der Waals surface area contributed by atoms with Crippen molar-refractivity contribution in [1.82, 2.24) is 9.66 Å². The first-order chi connectivity index (χ1) is 12.7. The van der Waals surface area contributed by atoms with Gasteiger partial charge in [-0.15, -0.1) is 11.3 Å². The van der Waals surface area contributed by atoms with E-state index in [0.717, 1.165) is 33.2 Å². The van der Waals surface area contributed by atoms with Crippen LogP contribution < -0.4 is 14.3 Å². The molecule has 0 spiro atoms. The Morgan fingerprint density at radius 2 is 2.00 bits per heavy atom. The van der Waals surface area contributed by atoms with Crippen LogP contribution in [0.3, 0.4) is 0 Å². The number of thiazole rings is 1. The van der Waals surface area contributed by atoms with Gasteiger partial charge in [-0.25, -0.2) is 4.68 Å². The summed E-state index contributed by atoms with van der Waals surface area (Å²) in [6.45, 7) is 1.93. The molecule has 7 heteroatoms. The van der Waals surface area contributed by atoms with E-state index < -0.39 is 0 Å². The van der Waals surface area contributed by atoms with Crippen molar-refractivity contribution in [2.75, 3.05) is 21.3 Å². The predicted octanol–water partition coefficient (Wildman–Crippen LogP) is 3.43. The van der Waals surface area contributed by atoms with E-state index in [1.807, 2.05) is 53.4 Å². The third-order valence-electron chi connectivity index (χ3n) is 3.85. The van der Waals surface area contributed by atoms with E-state index in [-0.39, 0.29) is 0 Å². The van der Waals surface area contributed by atoms with Crippen LogP contribution >= 0.6 is 11.3 Å². The lowest BCUT2D eigenvalue weighted by Crippen LogP contribution is -2.14. The average Bonchev–Trinajstić information content (AvgIpc) is 3.10. The van der Waals surface area contributed by atoms with Crippen LogP contribution in [0.4, 0.5) is 0 Å². The zero-order chi connectivity index (χ0) is 18.5. The van der Waals surface area contributed by atoms with Gasteiger partial charge in [0.15, 0.2) is 0 Å². The highest BCUT2D eigenvalue weighted by Gasteiger charge is 2.14. The summed E-state index contributed by atoms with van der Waals surface area (Å²) >= 11 is 1.52. The molecule has 1 aromatic carbocycles. The van der Waals surface area contributed by atoms with Gasteiger partial charge in [0, 0.05) is 30.3 Å². The second kappa shape index (κ2) is 7.97. The number of hydrogen-bond donors (Lipinski definition) is 0. The summed E-state index contributed by atoms with van der Waals surface area (Å²) in [5.74, 6) is 1.45. The number of aromatic nitrogens is 2. The summed E-state index contributed by atoms with van der Waals surface area (Å²) in [5, 5.41) is 6.77. The quantitative estimate of drug-likeness (QED) is 0.648. The van der Waals surface area contributed by atoms with Crippen molar-refractivity contribution >= 4 is 17.0 Å². The standard InChI is InChI=1S/C19H20N4O2S/c1-13(16-7-5-6-10-21-16)22-23-17(12-26-19(23)20-2)15-9-8-14(24-3)11-18(15)25-4/h5-12H,1-4H3. The molecule has 0 saturated carbocycles. The second-order valence-electron chi connectivity index (χ2n) is 5.41. The summed E-state index contributed by atoms with van der Waals surface area (Å²) in [4.78, 5) is 9.49. The topological polar surface area (TPSA) is 61.0 Å². The van der Waals surface area contributed by atoms with Crippen LogP contribution in [0.5, 0.6) is 11.5 Å². The maximum Gasteiger partial charge on any atom is 0.205 e. The minimum Gasteiger partial charge on any atom is -0.497 e. The van der Waals surface area contributed by atoms with Gasteiger partial charge in [-0.1, -0.05) is 6.07 Å². The summed E-state index contributed by atoms with van der Waals surface area (Å²) in [6, 6.07) is 11.5. The summed E-state index contributed by atoms with van der Waals surface area (Å²) < 4.78 is 12.7. The number of methoxy groups -OCH3 is 2. The molecule has 3 rings (SSSR count). The SMILES string of the molecule is CN=c1scc(-c2ccc(OC)cc2OC)n1N=C(C)c1ccccn1. The Kier molecular flexibility index (Phi) is 5.48. The minimum atomic E-state index is 0.712. The molecule has 0 N–H and O–H groups in total. The molecular formula is C19H20N4O2S. The molecule has 0 unspecified atom stereocenters. The Morgan fingerprint density at radius 3 is 2.65 bits per heavy atom. The van der Waals surface area contributed by atoms with Gasteiger partial charge >= 0.3 is 0 Å². The van der Waals surface area contributed by atoms with Crippen LogP contribution in [0.1, 0.15) is 12.6 Å². The van der Waals surface area contributed by atoms with Crippen molar-refractivity contribution in [3.63, 3.8) is 0 Å². The Hall–Kier alpha value is -2.93. The molecule has 0 atom stereocenters. The highest BCUT2D eigenvalue weighted by Crippen LogP contribution is 2.33. The van der Waals surface area contributed by atoms with E-state index in [1.165, 1.54) is 11.3 Å². The minimum absolute atomic E-state index is 0.712. The van der Waals surface area contributed by atoms with Crippen LogP contribution in [0.25, 0.3) is 11.3 Å². The molecule has 0 aliphatic rings. The molecule has 3 aromatic rings. The first-order valence-electron chi connectivity index (χ1n) is 8.00. The average molecular weight is 368 g/mol.